The molecule has 1 atom stereocenters. The molecule has 1 N–H and O–H groups in total. The summed E-state index contributed by atoms with van der Waals surface area (Å²) in [5.41, 5.74) is 1.98. The van der Waals surface area contributed by atoms with Gasteiger partial charge in [0.1, 0.15) is 6.54 Å². The van der Waals surface area contributed by atoms with Crippen molar-refractivity contribution in [1.29, 1.82) is 0 Å². The van der Waals surface area contributed by atoms with Crippen LogP contribution < -0.4 is 4.90 Å². The molecule has 0 saturated heterocycles. The van der Waals surface area contributed by atoms with Gasteiger partial charge in [0.15, 0.2) is 0 Å². The number of hydrogen-bond acceptors (Lipinski definition) is 2. The summed E-state index contributed by atoms with van der Waals surface area (Å²) in [5.74, 6) is 0. The molecule has 0 radical (unpaired) electrons. The largest absolute Gasteiger partial charge is 0.328 e. The summed E-state index contributed by atoms with van der Waals surface area (Å²) < 4.78 is 0. The average molecular weight is 270 g/mol. The minimum Gasteiger partial charge on any atom is -0.328 e. The summed E-state index contributed by atoms with van der Waals surface area (Å²) in [5, 5.41) is 11.3. The SMILES string of the molecule is C=C(C)C[NH+](CC)Cc1cc([N+](=O)[O-])ccc1Cl. The zero-order chi connectivity index (χ0) is 13.7. The molecule has 4 nitrogen and oxygen atoms in total. The van der Waals surface area contributed by atoms with Gasteiger partial charge in [0, 0.05) is 22.7 Å². The number of non-ortho nitro benzene ring substituents is 1. The van der Waals surface area contributed by atoms with Gasteiger partial charge >= 0.3 is 0 Å². The standard InChI is InChI=1S/C13H17ClN2O2/c1-4-15(8-10(2)3)9-11-7-12(16(17)18)5-6-13(11)14/h5-7H,2,4,8-9H2,1,3H3/p+1. The van der Waals surface area contributed by atoms with Gasteiger partial charge in [-0.15, -0.1) is 0 Å². The highest BCUT2D eigenvalue weighted by Crippen LogP contribution is 2.21. The molecule has 1 rings (SSSR count). The minimum atomic E-state index is -0.399. The van der Waals surface area contributed by atoms with Gasteiger partial charge in [-0.3, -0.25) is 10.1 Å². The highest BCUT2D eigenvalue weighted by molar-refractivity contribution is 6.31. The number of quaternary nitrogens is 1. The van der Waals surface area contributed by atoms with Crippen LogP contribution in [0.4, 0.5) is 5.69 Å². The third kappa shape index (κ3) is 4.13. The third-order valence-corrected chi connectivity index (χ3v) is 3.10. The third-order valence-electron chi connectivity index (χ3n) is 2.73. The Morgan fingerprint density at radius 3 is 2.72 bits per heavy atom. The van der Waals surface area contributed by atoms with Crippen molar-refractivity contribution in [3.8, 4) is 0 Å². The number of rotatable bonds is 6. The molecular formula is C13H18ClN2O2+. The van der Waals surface area contributed by atoms with E-state index in [4.69, 9.17) is 11.6 Å². The first-order valence-corrected chi connectivity index (χ1v) is 6.22. The molecule has 0 aliphatic carbocycles. The van der Waals surface area contributed by atoms with Gasteiger partial charge in [0.05, 0.1) is 18.0 Å². The van der Waals surface area contributed by atoms with Gasteiger partial charge in [-0.1, -0.05) is 18.2 Å². The van der Waals surface area contributed by atoms with Gasteiger partial charge < -0.3 is 4.90 Å². The van der Waals surface area contributed by atoms with E-state index in [-0.39, 0.29) is 5.69 Å². The van der Waals surface area contributed by atoms with Crippen LogP contribution in [-0.2, 0) is 6.54 Å². The van der Waals surface area contributed by atoms with Crippen molar-refractivity contribution >= 4 is 17.3 Å². The molecule has 0 aliphatic rings. The fraction of sp³-hybridized carbons (Fsp3) is 0.385. The molecule has 0 aromatic heterocycles. The quantitative estimate of drug-likeness (QED) is 0.489. The molecular weight excluding hydrogens is 252 g/mol. The van der Waals surface area contributed by atoms with Crippen LogP contribution in [0.15, 0.2) is 30.4 Å². The second-order valence-electron chi connectivity index (χ2n) is 4.45. The summed E-state index contributed by atoms with van der Waals surface area (Å²) >= 11 is 6.08. The Bertz CT molecular complexity index is 460. The predicted molar refractivity (Wildman–Crippen MR) is 73.0 cm³/mol. The number of nitro groups is 1. The van der Waals surface area contributed by atoms with E-state index in [1.165, 1.54) is 11.0 Å². The molecule has 0 fully saturated rings. The maximum atomic E-state index is 10.7. The summed E-state index contributed by atoms with van der Waals surface area (Å²) in [7, 11) is 0. The second-order valence-corrected chi connectivity index (χ2v) is 4.85. The first-order chi connectivity index (χ1) is 8.43. The van der Waals surface area contributed by atoms with Crippen LogP contribution in [0.2, 0.25) is 5.02 Å². The van der Waals surface area contributed by atoms with Crippen molar-refractivity contribution in [3.05, 3.63) is 51.1 Å². The monoisotopic (exact) mass is 269 g/mol. The van der Waals surface area contributed by atoms with Crippen molar-refractivity contribution in [1.82, 2.24) is 0 Å². The molecule has 1 aromatic carbocycles. The first kappa shape index (κ1) is 14.7. The van der Waals surface area contributed by atoms with Crippen LogP contribution in [-0.4, -0.2) is 18.0 Å². The van der Waals surface area contributed by atoms with Gasteiger partial charge in [0.2, 0.25) is 0 Å². The highest BCUT2D eigenvalue weighted by Gasteiger charge is 2.14. The van der Waals surface area contributed by atoms with Gasteiger partial charge in [-0.05, 0) is 25.5 Å². The van der Waals surface area contributed by atoms with Crippen molar-refractivity contribution < 1.29 is 9.82 Å². The van der Waals surface area contributed by atoms with Crippen LogP contribution in [0.3, 0.4) is 0 Å². The van der Waals surface area contributed by atoms with E-state index in [0.717, 1.165) is 24.2 Å². The Hall–Kier alpha value is -1.39. The summed E-state index contributed by atoms with van der Waals surface area (Å²) in [6.07, 6.45) is 0. The molecule has 0 spiro atoms. The Labute approximate surface area is 112 Å². The van der Waals surface area contributed by atoms with E-state index in [9.17, 15) is 10.1 Å². The Balaban J connectivity index is 2.90. The number of nitrogens with one attached hydrogen (secondary N) is 1. The van der Waals surface area contributed by atoms with E-state index >= 15 is 0 Å². The van der Waals surface area contributed by atoms with Crippen molar-refractivity contribution in [2.45, 2.75) is 20.4 Å². The lowest BCUT2D eigenvalue weighted by Crippen LogP contribution is -3.10. The summed E-state index contributed by atoms with van der Waals surface area (Å²) in [6.45, 7) is 10.4. The zero-order valence-corrected chi connectivity index (χ0v) is 11.5. The summed E-state index contributed by atoms with van der Waals surface area (Å²) in [6, 6.07) is 4.57. The van der Waals surface area contributed by atoms with E-state index in [0.29, 0.717) is 11.6 Å². The number of hydrogen-bond donors (Lipinski definition) is 1. The van der Waals surface area contributed by atoms with Crippen LogP contribution >= 0.6 is 11.6 Å². The molecule has 1 unspecified atom stereocenters. The Kier molecular flexibility index (Phi) is 5.31. The Morgan fingerprint density at radius 2 is 2.22 bits per heavy atom. The van der Waals surface area contributed by atoms with Crippen molar-refractivity contribution in [2.24, 2.45) is 0 Å². The molecule has 0 aliphatic heterocycles. The normalized spacial score (nSPS) is 12.2. The molecule has 0 heterocycles. The topological polar surface area (TPSA) is 47.6 Å². The number of likely N-dealkylation sites (N-methyl/N-ethyl adjacent to an activating group) is 1. The van der Waals surface area contributed by atoms with Crippen LogP contribution in [0.5, 0.6) is 0 Å². The molecule has 5 heteroatoms. The van der Waals surface area contributed by atoms with E-state index < -0.39 is 4.92 Å². The number of halogens is 1. The fourth-order valence-electron chi connectivity index (χ4n) is 1.82. The van der Waals surface area contributed by atoms with Gasteiger partial charge in [0.25, 0.3) is 5.69 Å². The second kappa shape index (κ2) is 6.52. The van der Waals surface area contributed by atoms with E-state index in [1.54, 1.807) is 12.1 Å². The van der Waals surface area contributed by atoms with Gasteiger partial charge in [-0.25, -0.2) is 0 Å². The predicted octanol–water partition coefficient (Wildman–Crippen LogP) is 2.23. The number of nitrogens with zero attached hydrogens (tertiary/aromatic N) is 1. The fourth-order valence-corrected chi connectivity index (χ4v) is 2.00. The molecule has 18 heavy (non-hydrogen) atoms. The summed E-state index contributed by atoms with van der Waals surface area (Å²) in [4.78, 5) is 11.6. The molecule has 0 bridgehead atoms. The van der Waals surface area contributed by atoms with Crippen LogP contribution in [0, 0.1) is 10.1 Å². The smallest absolute Gasteiger partial charge is 0.270 e. The molecule has 98 valence electrons. The maximum Gasteiger partial charge on any atom is 0.270 e. The van der Waals surface area contributed by atoms with Gasteiger partial charge in [-0.2, -0.15) is 0 Å². The average Bonchev–Trinajstić information content (AvgIpc) is 2.29. The maximum absolute atomic E-state index is 10.7. The lowest BCUT2D eigenvalue weighted by Gasteiger charge is -2.18. The first-order valence-electron chi connectivity index (χ1n) is 5.84. The van der Waals surface area contributed by atoms with E-state index in [2.05, 4.69) is 13.5 Å². The van der Waals surface area contributed by atoms with Crippen LogP contribution in [0.1, 0.15) is 19.4 Å². The lowest BCUT2D eigenvalue weighted by atomic mass is 10.1. The molecule has 0 amide bonds. The van der Waals surface area contributed by atoms with Crippen molar-refractivity contribution in [3.63, 3.8) is 0 Å². The Morgan fingerprint density at radius 1 is 1.56 bits per heavy atom. The molecule has 1 aromatic rings. The number of nitro benzene ring substituents is 1. The zero-order valence-electron chi connectivity index (χ0n) is 10.7. The molecule has 0 saturated carbocycles. The lowest BCUT2D eigenvalue weighted by molar-refractivity contribution is -0.907. The van der Waals surface area contributed by atoms with E-state index in [1.807, 2.05) is 6.92 Å². The van der Waals surface area contributed by atoms with Crippen molar-refractivity contribution in [2.75, 3.05) is 13.1 Å². The highest BCUT2D eigenvalue weighted by atomic mass is 35.5. The minimum absolute atomic E-state index is 0.0835. The number of benzene rings is 1. The van der Waals surface area contributed by atoms with Crippen LogP contribution in [0.25, 0.3) is 0 Å².